The predicted octanol–water partition coefficient (Wildman–Crippen LogP) is 1.53. The minimum Gasteiger partial charge on any atom is -0.465 e. The Hall–Kier alpha value is -0.620. The summed E-state index contributed by atoms with van der Waals surface area (Å²) in [6.07, 6.45) is -1.17. The monoisotopic (exact) mass is 242 g/mol. The van der Waals surface area contributed by atoms with Gasteiger partial charge in [-0.15, -0.1) is 0 Å². The zero-order valence-electron chi connectivity index (χ0n) is 10.6. The second-order valence-electron chi connectivity index (χ2n) is 5.58. The summed E-state index contributed by atoms with van der Waals surface area (Å²) in [4.78, 5) is 0. The van der Waals surface area contributed by atoms with E-state index < -0.39 is 17.9 Å². The molecule has 0 aliphatic carbocycles. The van der Waals surface area contributed by atoms with E-state index in [1.54, 1.807) is 0 Å². The van der Waals surface area contributed by atoms with Gasteiger partial charge < -0.3 is 23.7 Å². The van der Waals surface area contributed by atoms with Crippen molar-refractivity contribution in [2.45, 2.75) is 63.9 Å². The molecule has 0 saturated carbocycles. The molecule has 3 aliphatic rings. The van der Waals surface area contributed by atoms with Crippen LogP contribution in [0.4, 0.5) is 0 Å². The lowest BCUT2D eigenvalue weighted by molar-refractivity contribution is -0.295. The molecule has 3 fully saturated rings. The van der Waals surface area contributed by atoms with E-state index in [-0.39, 0.29) is 18.3 Å². The molecule has 0 spiro atoms. The summed E-state index contributed by atoms with van der Waals surface area (Å²) in [6, 6.07) is 0. The topological polar surface area (TPSA) is 46.2 Å². The summed E-state index contributed by atoms with van der Waals surface area (Å²) in [5, 5.41) is 0. The molecule has 0 aromatic carbocycles. The molecule has 5 nitrogen and oxygen atoms in total. The molecule has 17 heavy (non-hydrogen) atoms. The smallest absolute Gasteiger partial charge is 0.204 e. The van der Waals surface area contributed by atoms with Crippen molar-refractivity contribution < 1.29 is 23.7 Å². The van der Waals surface area contributed by atoms with Crippen LogP contribution in [0, 0.1) is 0 Å². The van der Waals surface area contributed by atoms with Gasteiger partial charge in [0.1, 0.15) is 24.1 Å². The van der Waals surface area contributed by atoms with E-state index in [4.69, 9.17) is 23.7 Å². The summed E-state index contributed by atoms with van der Waals surface area (Å²) in [5.41, 5.74) is 0. The van der Waals surface area contributed by atoms with Gasteiger partial charge in [0.2, 0.25) is 5.79 Å². The Morgan fingerprint density at radius 2 is 1.59 bits per heavy atom. The first-order valence-corrected chi connectivity index (χ1v) is 5.84. The third kappa shape index (κ3) is 1.78. The van der Waals surface area contributed by atoms with Crippen molar-refractivity contribution in [3.8, 4) is 0 Å². The minimum atomic E-state index is -0.702. The molecule has 0 aromatic heterocycles. The Bertz CT molecular complexity index is 362. The van der Waals surface area contributed by atoms with E-state index in [2.05, 4.69) is 6.58 Å². The maximum Gasteiger partial charge on any atom is 0.204 e. The van der Waals surface area contributed by atoms with Gasteiger partial charge in [-0.3, -0.25) is 0 Å². The average molecular weight is 242 g/mol. The van der Waals surface area contributed by atoms with Crippen molar-refractivity contribution in [1.82, 2.24) is 0 Å². The standard InChI is InChI=1S/C12H18O5/c1-6-7-8(15-11(2,3)14-6)9-10(13-7)17-12(4,5)16-9/h7-10H,1H2,2-5H3/t7-,8?,9?,10?/m1/s1. The second kappa shape index (κ2) is 3.23. The molecule has 96 valence electrons. The third-order valence-electron chi connectivity index (χ3n) is 3.11. The Morgan fingerprint density at radius 1 is 0.941 bits per heavy atom. The number of rotatable bonds is 0. The quantitative estimate of drug-likeness (QED) is 0.644. The number of ether oxygens (including phenoxy) is 5. The highest BCUT2D eigenvalue weighted by Crippen LogP contribution is 2.44. The van der Waals surface area contributed by atoms with Crippen molar-refractivity contribution in [2.75, 3.05) is 0 Å². The zero-order valence-corrected chi connectivity index (χ0v) is 10.6. The number of fused-ring (bicyclic) bond motifs is 3. The maximum atomic E-state index is 5.86. The van der Waals surface area contributed by atoms with Crippen LogP contribution >= 0.6 is 0 Å². The molecule has 5 heteroatoms. The molecule has 3 heterocycles. The van der Waals surface area contributed by atoms with E-state index in [9.17, 15) is 0 Å². The van der Waals surface area contributed by atoms with E-state index in [1.165, 1.54) is 0 Å². The van der Waals surface area contributed by atoms with Crippen LogP contribution in [0.15, 0.2) is 12.3 Å². The summed E-state index contributed by atoms with van der Waals surface area (Å²) in [6.45, 7) is 11.3. The fourth-order valence-electron chi connectivity index (χ4n) is 2.59. The van der Waals surface area contributed by atoms with Crippen LogP contribution in [-0.2, 0) is 23.7 Å². The van der Waals surface area contributed by atoms with E-state index in [0.717, 1.165) is 0 Å². The van der Waals surface area contributed by atoms with Gasteiger partial charge in [-0.1, -0.05) is 6.58 Å². The molecule has 0 bridgehead atoms. The van der Waals surface area contributed by atoms with Gasteiger partial charge in [0.25, 0.3) is 0 Å². The molecule has 0 aromatic rings. The van der Waals surface area contributed by atoms with Crippen LogP contribution in [0.5, 0.6) is 0 Å². The molecule has 0 radical (unpaired) electrons. The van der Waals surface area contributed by atoms with Crippen molar-refractivity contribution >= 4 is 0 Å². The molecule has 3 rings (SSSR count). The second-order valence-corrected chi connectivity index (χ2v) is 5.58. The first-order valence-electron chi connectivity index (χ1n) is 5.84. The lowest BCUT2D eigenvalue weighted by Crippen LogP contribution is -2.49. The lowest BCUT2D eigenvalue weighted by atomic mass is 10.1. The fourth-order valence-corrected chi connectivity index (χ4v) is 2.59. The lowest BCUT2D eigenvalue weighted by Gasteiger charge is -2.40. The Morgan fingerprint density at radius 3 is 2.29 bits per heavy atom. The van der Waals surface area contributed by atoms with Crippen LogP contribution in [0.1, 0.15) is 27.7 Å². The van der Waals surface area contributed by atoms with Crippen molar-refractivity contribution in [2.24, 2.45) is 0 Å². The van der Waals surface area contributed by atoms with E-state index in [0.29, 0.717) is 5.76 Å². The Labute approximate surface area is 101 Å². The highest BCUT2D eigenvalue weighted by atomic mass is 16.9. The van der Waals surface area contributed by atoms with Crippen LogP contribution in [-0.4, -0.2) is 36.2 Å². The van der Waals surface area contributed by atoms with Gasteiger partial charge in [0.05, 0.1) is 0 Å². The summed E-state index contributed by atoms with van der Waals surface area (Å²) >= 11 is 0. The molecule has 0 N–H and O–H groups in total. The van der Waals surface area contributed by atoms with Gasteiger partial charge in [0.15, 0.2) is 12.1 Å². The van der Waals surface area contributed by atoms with Crippen LogP contribution in [0.2, 0.25) is 0 Å². The molecule has 3 aliphatic heterocycles. The summed E-state index contributed by atoms with van der Waals surface area (Å²) in [5.74, 6) is -0.759. The molecule has 0 amide bonds. The van der Waals surface area contributed by atoms with E-state index in [1.807, 2.05) is 27.7 Å². The highest BCUT2D eigenvalue weighted by Gasteiger charge is 2.59. The van der Waals surface area contributed by atoms with Gasteiger partial charge in [-0.25, -0.2) is 0 Å². The average Bonchev–Trinajstić information content (AvgIpc) is 2.58. The Balaban J connectivity index is 1.85. The fraction of sp³-hybridized carbons (Fsp3) is 0.833. The summed E-state index contributed by atoms with van der Waals surface area (Å²) in [7, 11) is 0. The number of hydrogen-bond donors (Lipinski definition) is 0. The van der Waals surface area contributed by atoms with Crippen LogP contribution in [0.25, 0.3) is 0 Å². The van der Waals surface area contributed by atoms with Gasteiger partial charge >= 0.3 is 0 Å². The van der Waals surface area contributed by atoms with Crippen molar-refractivity contribution in [1.29, 1.82) is 0 Å². The number of hydrogen-bond acceptors (Lipinski definition) is 5. The minimum absolute atomic E-state index is 0.224. The SMILES string of the molecule is C=C1OC(C)(C)OC2C3OC(C)(C)OC3O[C@H]12. The van der Waals surface area contributed by atoms with Crippen LogP contribution < -0.4 is 0 Å². The van der Waals surface area contributed by atoms with Gasteiger partial charge in [-0.2, -0.15) is 0 Å². The normalized spacial score (nSPS) is 46.2. The molecule has 3 unspecified atom stereocenters. The molecular weight excluding hydrogens is 224 g/mol. The van der Waals surface area contributed by atoms with Crippen molar-refractivity contribution in [3.05, 3.63) is 12.3 Å². The molecular formula is C12H18O5. The first-order chi connectivity index (χ1) is 7.77. The maximum absolute atomic E-state index is 5.86. The Kier molecular flexibility index (Phi) is 2.18. The van der Waals surface area contributed by atoms with Gasteiger partial charge in [-0.05, 0) is 13.8 Å². The zero-order chi connectivity index (χ0) is 12.4. The van der Waals surface area contributed by atoms with E-state index >= 15 is 0 Å². The van der Waals surface area contributed by atoms with Gasteiger partial charge in [0, 0.05) is 13.8 Å². The predicted molar refractivity (Wildman–Crippen MR) is 57.9 cm³/mol. The summed E-state index contributed by atoms with van der Waals surface area (Å²) < 4.78 is 28.6. The molecule has 4 atom stereocenters. The van der Waals surface area contributed by atoms with Crippen molar-refractivity contribution in [3.63, 3.8) is 0 Å². The highest BCUT2D eigenvalue weighted by molar-refractivity contribution is 5.10. The largest absolute Gasteiger partial charge is 0.465 e. The third-order valence-corrected chi connectivity index (χ3v) is 3.11. The molecule has 3 saturated heterocycles. The first kappa shape index (κ1) is 11.5. The van der Waals surface area contributed by atoms with Crippen LogP contribution in [0.3, 0.4) is 0 Å².